The number of thiophene rings is 1. The highest BCUT2D eigenvalue weighted by molar-refractivity contribution is 7.19. The second-order valence-electron chi connectivity index (χ2n) is 3.24. The molecular formula is C11H11NO2S. The van der Waals surface area contributed by atoms with Gasteiger partial charge in [-0.15, -0.1) is 11.3 Å². The number of hydrogen-bond acceptors (Lipinski definition) is 4. The first-order chi connectivity index (χ1) is 7.19. The van der Waals surface area contributed by atoms with E-state index in [1.54, 1.807) is 18.4 Å². The largest absolute Gasteiger partial charge is 0.495 e. The van der Waals surface area contributed by atoms with Gasteiger partial charge in [-0.1, -0.05) is 0 Å². The summed E-state index contributed by atoms with van der Waals surface area (Å²) in [6, 6.07) is 3.75. The summed E-state index contributed by atoms with van der Waals surface area (Å²) in [6.07, 6.45) is 0.851. The number of rotatable bonds is 2. The maximum Gasteiger partial charge on any atom is 0.151 e. The van der Waals surface area contributed by atoms with Crippen molar-refractivity contribution in [3.63, 3.8) is 0 Å². The number of ether oxygens (including phenoxy) is 1. The van der Waals surface area contributed by atoms with Gasteiger partial charge in [-0.3, -0.25) is 4.79 Å². The molecule has 0 spiro atoms. The number of aryl methyl sites for hydroxylation is 1. The summed E-state index contributed by atoms with van der Waals surface area (Å²) in [5.74, 6) is 0.614. The Morgan fingerprint density at radius 3 is 2.80 bits per heavy atom. The SMILES string of the molecule is COc1ccc2sc(C)c(C=O)c2c1N. The van der Waals surface area contributed by atoms with Crippen LogP contribution in [0.25, 0.3) is 10.1 Å². The van der Waals surface area contributed by atoms with Crippen molar-refractivity contribution in [1.29, 1.82) is 0 Å². The minimum Gasteiger partial charge on any atom is -0.495 e. The number of benzene rings is 1. The van der Waals surface area contributed by atoms with Crippen molar-refractivity contribution in [2.24, 2.45) is 0 Å². The van der Waals surface area contributed by atoms with Crippen LogP contribution in [-0.4, -0.2) is 13.4 Å². The molecule has 1 aromatic heterocycles. The van der Waals surface area contributed by atoms with Gasteiger partial charge in [0.25, 0.3) is 0 Å². The molecule has 0 saturated heterocycles. The highest BCUT2D eigenvalue weighted by atomic mass is 32.1. The van der Waals surface area contributed by atoms with Crippen molar-refractivity contribution in [2.75, 3.05) is 12.8 Å². The van der Waals surface area contributed by atoms with Crippen LogP contribution in [0.1, 0.15) is 15.2 Å². The third-order valence-electron chi connectivity index (χ3n) is 2.42. The fourth-order valence-corrected chi connectivity index (χ4v) is 2.71. The fourth-order valence-electron chi connectivity index (χ4n) is 1.66. The first-order valence-corrected chi connectivity index (χ1v) is 5.31. The number of nitrogens with two attached hydrogens (primary N) is 1. The van der Waals surface area contributed by atoms with Crippen LogP contribution in [0, 0.1) is 6.92 Å². The molecule has 4 heteroatoms. The summed E-state index contributed by atoms with van der Waals surface area (Å²) in [5.41, 5.74) is 7.16. The first-order valence-electron chi connectivity index (χ1n) is 4.49. The van der Waals surface area contributed by atoms with Gasteiger partial charge in [-0.25, -0.2) is 0 Å². The molecule has 1 heterocycles. The Hall–Kier alpha value is -1.55. The van der Waals surface area contributed by atoms with Gasteiger partial charge >= 0.3 is 0 Å². The maximum atomic E-state index is 11.0. The molecular weight excluding hydrogens is 210 g/mol. The molecule has 15 heavy (non-hydrogen) atoms. The lowest BCUT2D eigenvalue weighted by Gasteiger charge is -2.05. The molecule has 1 aromatic carbocycles. The van der Waals surface area contributed by atoms with Gasteiger partial charge in [0.05, 0.1) is 12.8 Å². The van der Waals surface area contributed by atoms with Crippen LogP contribution in [0.15, 0.2) is 12.1 Å². The highest BCUT2D eigenvalue weighted by Crippen LogP contribution is 2.38. The average Bonchev–Trinajstić information content (AvgIpc) is 2.55. The van der Waals surface area contributed by atoms with Crippen LogP contribution >= 0.6 is 11.3 Å². The summed E-state index contributed by atoms with van der Waals surface area (Å²) in [5, 5.41) is 0.812. The van der Waals surface area contributed by atoms with Crippen LogP contribution in [0.2, 0.25) is 0 Å². The highest BCUT2D eigenvalue weighted by Gasteiger charge is 2.13. The molecule has 0 unspecified atom stereocenters. The summed E-state index contributed by atoms with van der Waals surface area (Å²) in [4.78, 5) is 12.0. The normalized spacial score (nSPS) is 10.5. The predicted molar refractivity (Wildman–Crippen MR) is 62.9 cm³/mol. The molecule has 2 aromatic rings. The quantitative estimate of drug-likeness (QED) is 0.626. The molecule has 0 aliphatic rings. The summed E-state index contributed by atoms with van der Waals surface area (Å²) >= 11 is 1.57. The number of methoxy groups -OCH3 is 1. The summed E-state index contributed by atoms with van der Waals surface area (Å²) in [7, 11) is 1.57. The molecule has 2 N–H and O–H groups in total. The molecule has 0 radical (unpaired) electrons. The van der Waals surface area contributed by atoms with Crippen LogP contribution in [0.5, 0.6) is 5.75 Å². The second-order valence-corrected chi connectivity index (χ2v) is 4.50. The van der Waals surface area contributed by atoms with Gasteiger partial charge in [-0.05, 0) is 19.1 Å². The van der Waals surface area contributed by atoms with E-state index in [0.29, 0.717) is 17.0 Å². The Morgan fingerprint density at radius 2 is 2.20 bits per heavy atom. The zero-order valence-electron chi connectivity index (χ0n) is 8.53. The Labute approximate surface area is 91.5 Å². The lowest BCUT2D eigenvalue weighted by Crippen LogP contribution is -1.94. The Morgan fingerprint density at radius 1 is 1.47 bits per heavy atom. The van der Waals surface area contributed by atoms with E-state index in [2.05, 4.69) is 0 Å². The number of carbonyl (C=O) groups is 1. The van der Waals surface area contributed by atoms with Crippen LogP contribution in [0.4, 0.5) is 5.69 Å². The van der Waals surface area contributed by atoms with Gasteiger partial charge in [0.15, 0.2) is 6.29 Å². The van der Waals surface area contributed by atoms with E-state index >= 15 is 0 Å². The summed E-state index contributed by atoms with van der Waals surface area (Å²) in [6.45, 7) is 1.92. The van der Waals surface area contributed by atoms with Crippen molar-refractivity contribution in [2.45, 2.75) is 6.92 Å². The molecule has 3 nitrogen and oxygen atoms in total. The smallest absolute Gasteiger partial charge is 0.151 e. The first kappa shape index (κ1) is 9.98. The van der Waals surface area contributed by atoms with E-state index in [0.717, 1.165) is 21.2 Å². The van der Waals surface area contributed by atoms with E-state index in [9.17, 15) is 4.79 Å². The number of aldehydes is 1. The number of anilines is 1. The zero-order valence-corrected chi connectivity index (χ0v) is 9.35. The minimum absolute atomic E-state index is 0.543. The molecule has 0 aliphatic carbocycles. The van der Waals surface area contributed by atoms with E-state index in [4.69, 9.17) is 10.5 Å². The molecule has 78 valence electrons. The molecule has 0 amide bonds. The molecule has 0 saturated carbocycles. The van der Waals surface area contributed by atoms with Gasteiger partial charge in [0.2, 0.25) is 0 Å². The fraction of sp³-hybridized carbons (Fsp3) is 0.182. The number of nitrogen functional groups attached to an aromatic ring is 1. The topological polar surface area (TPSA) is 52.3 Å². The zero-order chi connectivity index (χ0) is 11.0. The van der Waals surface area contributed by atoms with Gasteiger partial charge < -0.3 is 10.5 Å². The second kappa shape index (κ2) is 3.55. The Balaban J connectivity index is 2.89. The third kappa shape index (κ3) is 1.37. The molecule has 0 atom stereocenters. The Kier molecular flexibility index (Phi) is 2.36. The van der Waals surface area contributed by atoms with E-state index in [1.165, 1.54) is 0 Å². The van der Waals surface area contributed by atoms with Crippen LogP contribution < -0.4 is 10.5 Å². The maximum absolute atomic E-state index is 11.0. The van der Waals surface area contributed by atoms with Gasteiger partial charge in [0, 0.05) is 20.5 Å². The average molecular weight is 221 g/mol. The molecule has 0 fully saturated rings. The molecule has 2 rings (SSSR count). The van der Waals surface area contributed by atoms with E-state index in [1.807, 2.05) is 19.1 Å². The van der Waals surface area contributed by atoms with Crippen molar-refractivity contribution in [1.82, 2.24) is 0 Å². The molecule has 0 aliphatic heterocycles. The van der Waals surface area contributed by atoms with Crippen molar-refractivity contribution in [3.05, 3.63) is 22.6 Å². The minimum atomic E-state index is 0.543. The van der Waals surface area contributed by atoms with E-state index < -0.39 is 0 Å². The lowest BCUT2D eigenvalue weighted by molar-refractivity contribution is 0.112. The van der Waals surface area contributed by atoms with Crippen molar-refractivity contribution >= 4 is 33.4 Å². The monoisotopic (exact) mass is 221 g/mol. The summed E-state index contributed by atoms with van der Waals surface area (Å²) < 4.78 is 6.15. The predicted octanol–water partition coefficient (Wildman–Crippen LogP) is 2.61. The van der Waals surface area contributed by atoms with Crippen LogP contribution in [-0.2, 0) is 0 Å². The third-order valence-corrected chi connectivity index (χ3v) is 3.50. The van der Waals surface area contributed by atoms with Gasteiger partial charge in [0.1, 0.15) is 5.75 Å². The van der Waals surface area contributed by atoms with E-state index in [-0.39, 0.29) is 0 Å². The number of hydrogen-bond donors (Lipinski definition) is 1. The number of fused-ring (bicyclic) bond motifs is 1. The van der Waals surface area contributed by atoms with Crippen molar-refractivity contribution in [3.8, 4) is 5.75 Å². The number of carbonyl (C=O) groups excluding carboxylic acids is 1. The van der Waals surface area contributed by atoms with Crippen LogP contribution in [0.3, 0.4) is 0 Å². The lowest BCUT2D eigenvalue weighted by atomic mass is 10.1. The van der Waals surface area contributed by atoms with Crippen molar-refractivity contribution < 1.29 is 9.53 Å². The standard InChI is InChI=1S/C11H11NO2S/c1-6-7(5-13)10-9(15-6)4-3-8(14-2)11(10)12/h3-5H,12H2,1-2H3. The Bertz CT molecular complexity index is 531. The molecule has 0 bridgehead atoms. The van der Waals surface area contributed by atoms with Gasteiger partial charge in [-0.2, -0.15) is 0 Å².